The van der Waals surface area contributed by atoms with Crippen molar-refractivity contribution >= 4 is 10.1 Å². The van der Waals surface area contributed by atoms with Crippen molar-refractivity contribution in [2.24, 2.45) is 0 Å². The van der Waals surface area contributed by atoms with Gasteiger partial charge in [0.1, 0.15) is 12.4 Å². The van der Waals surface area contributed by atoms with E-state index in [1.165, 1.54) is 0 Å². The molecule has 0 bridgehead atoms. The lowest BCUT2D eigenvalue weighted by molar-refractivity contribution is -0.0525. The van der Waals surface area contributed by atoms with Crippen LogP contribution in [-0.2, 0) is 14.3 Å². The first-order valence-corrected chi connectivity index (χ1v) is 5.96. The van der Waals surface area contributed by atoms with Crippen LogP contribution in [0.25, 0.3) is 0 Å². The fourth-order valence-corrected chi connectivity index (χ4v) is 1.92. The van der Waals surface area contributed by atoms with Crippen LogP contribution >= 0.6 is 0 Å². The highest BCUT2D eigenvalue weighted by atomic mass is 32.2. The molecule has 3 nitrogen and oxygen atoms in total. The van der Waals surface area contributed by atoms with E-state index in [0.717, 1.165) is 0 Å². The molecule has 1 rings (SSSR count). The van der Waals surface area contributed by atoms with E-state index >= 15 is 0 Å². The Kier molecular flexibility index (Phi) is 3.82. The molecule has 0 heterocycles. The molecule has 0 aromatic carbocycles. The highest BCUT2D eigenvalue weighted by molar-refractivity contribution is 7.87. The molecule has 0 radical (unpaired) electrons. The molecular weight excluding hydrogens is 252 g/mol. The smallest absolute Gasteiger partial charge is 0.381 e. The van der Waals surface area contributed by atoms with Crippen molar-refractivity contribution in [3.63, 3.8) is 0 Å². The average Bonchev–Trinajstić information content (AvgIpc) is 2.16. The van der Waals surface area contributed by atoms with E-state index in [1.54, 1.807) is 0 Å². The molecule has 0 unspecified atom stereocenters. The summed E-state index contributed by atoms with van der Waals surface area (Å²) in [5, 5.41) is 0. The minimum atomic E-state index is -5.66. The zero-order chi connectivity index (χ0) is 12.4. The molecule has 0 aromatic rings. The number of halogens is 4. The summed E-state index contributed by atoms with van der Waals surface area (Å²) < 4.78 is 73.6. The predicted molar refractivity (Wildman–Crippen MR) is 47.5 cm³/mol. The van der Waals surface area contributed by atoms with Gasteiger partial charge in [0, 0.05) is 12.0 Å². The maximum Gasteiger partial charge on any atom is 0.534 e. The normalized spacial score (nSPS) is 18.8. The van der Waals surface area contributed by atoms with E-state index < -0.39 is 28.1 Å². The Morgan fingerprint density at radius 2 is 1.75 bits per heavy atom. The quantitative estimate of drug-likeness (QED) is 0.446. The highest BCUT2D eigenvalue weighted by Crippen LogP contribution is 2.32. The van der Waals surface area contributed by atoms with E-state index in [9.17, 15) is 26.0 Å². The van der Waals surface area contributed by atoms with Crippen LogP contribution in [0.4, 0.5) is 17.6 Å². The number of hydrogen-bond acceptors (Lipinski definition) is 3. The van der Waals surface area contributed by atoms with Crippen molar-refractivity contribution in [1.29, 1.82) is 0 Å². The molecule has 0 amide bonds. The van der Waals surface area contributed by atoms with Crippen LogP contribution in [0.2, 0.25) is 0 Å². The Morgan fingerprint density at radius 1 is 1.19 bits per heavy atom. The molecule has 0 spiro atoms. The van der Waals surface area contributed by atoms with Gasteiger partial charge in [0.05, 0.1) is 0 Å². The topological polar surface area (TPSA) is 43.4 Å². The third-order valence-electron chi connectivity index (χ3n) is 2.18. The maximum atomic E-state index is 12.4. The van der Waals surface area contributed by atoms with Crippen molar-refractivity contribution in [1.82, 2.24) is 0 Å². The Labute approximate surface area is 90.2 Å². The molecule has 0 fully saturated rings. The second kappa shape index (κ2) is 4.60. The number of rotatable bonds is 3. The third-order valence-corrected chi connectivity index (χ3v) is 3.17. The van der Waals surface area contributed by atoms with Crippen molar-refractivity contribution in [3.8, 4) is 0 Å². The Hall–Kier alpha value is -0.790. The monoisotopic (exact) mass is 262 g/mol. The largest absolute Gasteiger partial charge is 0.534 e. The van der Waals surface area contributed by atoms with E-state index in [-0.39, 0.29) is 18.4 Å². The summed E-state index contributed by atoms with van der Waals surface area (Å²) in [5.41, 5.74) is -5.47. The van der Waals surface area contributed by atoms with Gasteiger partial charge in [-0.25, -0.2) is 4.39 Å². The lowest BCUT2D eigenvalue weighted by Crippen LogP contribution is -2.26. The predicted octanol–water partition coefficient (Wildman–Crippen LogP) is 2.65. The fourth-order valence-electron chi connectivity index (χ4n) is 1.36. The molecule has 0 saturated heterocycles. The van der Waals surface area contributed by atoms with Crippen molar-refractivity contribution in [3.05, 3.63) is 11.3 Å². The average molecular weight is 262 g/mol. The summed E-state index contributed by atoms with van der Waals surface area (Å²) in [7, 11) is -5.66. The van der Waals surface area contributed by atoms with Gasteiger partial charge in [-0.15, -0.1) is 0 Å². The number of allylic oxidation sites excluding steroid dienone is 2. The zero-order valence-corrected chi connectivity index (χ0v) is 9.00. The van der Waals surface area contributed by atoms with Crippen molar-refractivity contribution < 1.29 is 30.2 Å². The summed E-state index contributed by atoms with van der Waals surface area (Å²) in [5.74, 6) is -0.397. The minimum Gasteiger partial charge on any atom is -0.381 e. The van der Waals surface area contributed by atoms with Gasteiger partial charge in [-0.1, -0.05) is 0 Å². The molecule has 0 N–H and O–H groups in total. The van der Waals surface area contributed by atoms with Crippen molar-refractivity contribution in [2.45, 2.75) is 31.2 Å². The van der Waals surface area contributed by atoms with Gasteiger partial charge in [0.25, 0.3) is 0 Å². The molecule has 94 valence electrons. The van der Waals surface area contributed by atoms with E-state index in [0.29, 0.717) is 12.8 Å². The van der Waals surface area contributed by atoms with E-state index in [4.69, 9.17) is 0 Å². The van der Waals surface area contributed by atoms with Crippen LogP contribution in [0.15, 0.2) is 11.3 Å². The molecule has 16 heavy (non-hydrogen) atoms. The Balaban J connectivity index is 2.92. The molecule has 0 atom stereocenters. The molecule has 8 heteroatoms. The van der Waals surface area contributed by atoms with Gasteiger partial charge in [-0.2, -0.15) is 21.6 Å². The molecule has 1 aliphatic carbocycles. The van der Waals surface area contributed by atoms with E-state index in [1.807, 2.05) is 0 Å². The van der Waals surface area contributed by atoms with E-state index in [2.05, 4.69) is 4.18 Å². The number of alkyl halides is 4. The van der Waals surface area contributed by atoms with Crippen LogP contribution in [0, 0.1) is 0 Å². The molecule has 1 aliphatic rings. The molecule has 0 aliphatic heterocycles. The second-order valence-electron chi connectivity index (χ2n) is 3.35. The SMILES string of the molecule is O=S(=O)(OC1=C(CF)CCCC1)C(F)(F)F. The standard InChI is InChI=1S/C8H10F4O3S/c9-5-6-3-1-2-4-7(6)15-16(13,14)8(10,11)12/h1-5H2. The van der Waals surface area contributed by atoms with Crippen LogP contribution < -0.4 is 0 Å². The minimum absolute atomic E-state index is 0.000856. The van der Waals surface area contributed by atoms with Gasteiger partial charge < -0.3 is 4.18 Å². The Bertz CT molecular complexity index is 383. The second-order valence-corrected chi connectivity index (χ2v) is 4.89. The maximum absolute atomic E-state index is 12.4. The first-order valence-electron chi connectivity index (χ1n) is 4.55. The van der Waals surface area contributed by atoms with Gasteiger partial charge in [0.2, 0.25) is 0 Å². The summed E-state index contributed by atoms with van der Waals surface area (Å²) in [6.07, 6.45) is 1.37. The third kappa shape index (κ3) is 2.87. The summed E-state index contributed by atoms with van der Waals surface area (Å²) in [4.78, 5) is 0. The van der Waals surface area contributed by atoms with Crippen LogP contribution in [0.1, 0.15) is 25.7 Å². The summed E-state index contributed by atoms with van der Waals surface area (Å²) in [6.45, 7) is -0.983. The first-order chi connectivity index (χ1) is 7.28. The Morgan fingerprint density at radius 3 is 2.25 bits per heavy atom. The van der Waals surface area contributed by atoms with Crippen LogP contribution in [0.5, 0.6) is 0 Å². The molecular formula is C8H10F4O3S. The lowest BCUT2D eigenvalue weighted by atomic mass is 9.99. The molecule has 0 aromatic heterocycles. The zero-order valence-electron chi connectivity index (χ0n) is 8.18. The van der Waals surface area contributed by atoms with Gasteiger partial charge >= 0.3 is 15.6 Å². The summed E-state index contributed by atoms with van der Waals surface area (Å²) in [6, 6.07) is 0. The number of hydrogen-bond donors (Lipinski definition) is 0. The van der Waals surface area contributed by atoms with Crippen LogP contribution in [0.3, 0.4) is 0 Å². The highest BCUT2D eigenvalue weighted by Gasteiger charge is 2.49. The summed E-state index contributed by atoms with van der Waals surface area (Å²) >= 11 is 0. The lowest BCUT2D eigenvalue weighted by Gasteiger charge is -2.19. The van der Waals surface area contributed by atoms with Crippen molar-refractivity contribution in [2.75, 3.05) is 6.67 Å². The van der Waals surface area contributed by atoms with Gasteiger partial charge in [0.15, 0.2) is 0 Å². The fraction of sp³-hybridized carbons (Fsp3) is 0.750. The first kappa shape index (κ1) is 13.3. The van der Waals surface area contributed by atoms with Gasteiger partial charge in [-0.05, 0) is 19.3 Å². The van der Waals surface area contributed by atoms with Crippen LogP contribution in [-0.4, -0.2) is 20.6 Å². The van der Waals surface area contributed by atoms with Gasteiger partial charge in [-0.3, -0.25) is 0 Å². The molecule has 0 saturated carbocycles.